The number of nitrogens with two attached hydrogens (primary N) is 1. The van der Waals surface area contributed by atoms with E-state index in [-0.39, 0.29) is 11.8 Å². The van der Waals surface area contributed by atoms with E-state index in [0.717, 1.165) is 0 Å². The van der Waals surface area contributed by atoms with Crippen molar-refractivity contribution in [3.8, 4) is 0 Å². The van der Waals surface area contributed by atoms with Gasteiger partial charge in [0.25, 0.3) is 0 Å². The molecule has 1 unspecified atom stereocenters. The molecule has 1 amide bonds. The minimum absolute atomic E-state index is 0.120. The first-order chi connectivity index (χ1) is 6.95. The monoisotopic (exact) mass is 213 g/mol. The SMILES string of the molecule is CC(C)C(C)(NCCCN=[N+]=[N-])C(N)=O. The molecule has 0 saturated carbocycles. The van der Waals surface area contributed by atoms with Gasteiger partial charge in [-0.1, -0.05) is 19.0 Å². The minimum atomic E-state index is -0.698. The van der Waals surface area contributed by atoms with E-state index in [1.165, 1.54) is 0 Å². The number of primary amides is 1. The number of carbonyl (C=O) groups is 1. The van der Waals surface area contributed by atoms with Crippen molar-refractivity contribution in [1.82, 2.24) is 5.32 Å². The predicted molar refractivity (Wildman–Crippen MR) is 59.1 cm³/mol. The Balaban J connectivity index is 4.09. The van der Waals surface area contributed by atoms with Crippen LogP contribution in [0.4, 0.5) is 0 Å². The van der Waals surface area contributed by atoms with Gasteiger partial charge in [0.15, 0.2) is 0 Å². The van der Waals surface area contributed by atoms with Crippen molar-refractivity contribution < 1.29 is 4.79 Å². The van der Waals surface area contributed by atoms with E-state index in [4.69, 9.17) is 11.3 Å². The van der Waals surface area contributed by atoms with Gasteiger partial charge < -0.3 is 11.1 Å². The molecule has 0 heterocycles. The fourth-order valence-corrected chi connectivity index (χ4v) is 1.12. The first-order valence-corrected chi connectivity index (χ1v) is 5.01. The van der Waals surface area contributed by atoms with Crippen LogP contribution < -0.4 is 11.1 Å². The summed E-state index contributed by atoms with van der Waals surface area (Å²) in [4.78, 5) is 13.9. The fraction of sp³-hybridized carbons (Fsp3) is 0.889. The van der Waals surface area contributed by atoms with Crippen LogP contribution in [0, 0.1) is 5.92 Å². The van der Waals surface area contributed by atoms with Crippen LogP contribution in [0.1, 0.15) is 27.2 Å². The third-order valence-corrected chi connectivity index (χ3v) is 2.66. The molecule has 0 aromatic carbocycles. The molecule has 15 heavy (non-hydrogen) atoms. The second kappa shape index (κ2) is 6.27. The van der Waals surface area contributed by atoms with Gasteiger partial charge in [-0.2, -0.15) is 0 Å². The summed E-state index contributed by atoms with van der Waals surface area (Å²) in [5.74, 6) is -0.240. The molecule has 1 atom stereocenters. The van der Waals surface area contributed by atoms with Gasteiger partial charge in [0.1, 0.15) is 0 Å². The smallest absolute Gasteiger partial charge is 0.237 e. The summed E-state index contributed by atoms with van der Waals surface area (Å²) in [7, 11) is 0. The van der Waals surface area contributed by atoms with Gasteiger partial charge in [0, 0.05) is 11.5 Å². The van der Waals surface area contributed by atoms with Crippen LogP contribution in [0.15, 0.2) is 5.11 Å². The lowest BCUT2D eigenvalue weighted by atomic mass is 9.87. The fourth-order valence-electron chi connectivity index (χ4n) is 1.12. The number of rotatable bonds is 7. The number of amides is 1. The molecule has 0 aliphatic heterocycles. The molecule has 6 nitrogen and oxygen atoms in total. The van der Waals surface area contributed by atoms with E-state index in [0.29, 0.717) is 19.5 Å². The molecule has 0 aromatic rings. The zero-order valence-corrected chi connectivity index (χ0v) is 9.53. The highest BCUT2D eigenvalue weighted by Gasteiger charge is 2.33. The van der Waals surface area contributed by atoms with Gasteiger partial charge in [0.2, 0.25) is 5.91 Å². The molecule has 0 rings (SSSR count). The molecule has 0 bridgehead atoms. The highest BCUT2D eigenvalue weighted by atomic mass is 16.1. The lowest BCUT2D eigenvalue weighted by molar-refractivity contribution is -0.125. The van der Waals surface area contributed by atoms with E-state index in [9.17, 15) is 4.79 Å². The maximum atomic E-state index is 11.3. The molecule has 0 spiro atoms. The summed E-state index contributed by atoms with van der Waals surface area (Å²) in [5.41, 5.74) is 12.7. The van der Waals surface area contributed by atoms with Crippen molar-refractivity contribution in [2.75, 3.05) is 13.1 Å². The Morgan fingerprint density at radius 1 is 1.67 bits per heavy atom. The summed E-state index contributed by atoms with van der Waals surface area (Å²) >= 11 is 0. The maximum absolute atomic E-state index is 11.3. The number of hydrogen-bond acceptors (Lipinski definition) is 3. The molecular formula is C9H19N5O. The summed E-state index contributed by atoms with van der Waals surface area (Å²) in [6.45, 7) is 6.69. The van der Waals surface area contributed by atoms with Crippen molar-refractivity contribution in [3.63, 3.8) is 0 Å². The summed E-state index contributed by atoms with van der Waals surface area (Å²) in [5, 5.41) is 6.50. The third-order valence-electron chi connectivity index (χ3n) is 2.66. The number of nitrogens with zero attached hydrogens (tertiary/aromatic N) is 3. The number of azide groups is 1. The predicted octanol–water partition coefficient (Wildman–Crippen LogP) is 1.18. The zero-order valence-electron chi connectivity index (χ0n) is 9.53. The summed E-state index contributed by atoms with van der Waals surface area (Å²) in [6, 6.07) is 0. The van der Waals surface area contributed by atoms with Crippen LogP contribution in [-0.2, 0) is 4.79 Å². The molecular weight excluding hydrogens is 194 g/mol. The van der Waals surface area contributed by atoms with Crippen molar-refractivity contribution in [1.29, 1.82) is 0 Å². The van der Waals surface area contributed by atoms with Crippen LogP contribution >= 0.6 is 0 Å². The van der Waals surface area contributed by atoms with Gasteiger partial charge in [0.05, 0.1) is 5.54 Å². The van der Waals surface area contributed by atoms with Crippen molar-refractivity contribution in [3.05, 3.63) is 10.4 Å². The molecule has 0 saturated heterocycles. The van der Waals surface area contributed by atoms with Gasteiger partial charge in [-0.25, -0.2) is 0 Å². The van der Waals surface area contributed by atoms with E-state index < -0.39 is 5.54 Å². The second-order valence-corrected chi connectivity index (χ2v) is 3.96. The van der Waals surface area contributed by atoms with Crippen molar-refractivity contribution in [2.24, 2.45) is 16.8 Å². The highest BCUT2D eigenvalue weighted by Crippen LogP contribution is 2.15. The maximum Gasteiger partial charge on any atom is 0.237 e. The average Bonchev–Trinajstić information content (AvgIpc) is 2.16. The highest BCUT2D eigenvalue weighted by molar-refractivity contribution is 5.84. The lowest BCUT2D eigenvalue weighted by Gasteiger charge is -2.31. The summed E-state index contributed by atoms with van der Waals surface area (Å²) in [6.07, 6.45) is 0.694. The number of nitrogens with one attached hydrogen (secondary N) is 1. The van der Waals surface area contributed by atoms with Gasteiger partial charge in [-0.3, -0.25) is 4.79 Å². The zero-order chi connectivity index (χ0) is 11.9. The van der Waals surface area contributed by atoms with Crippen LogP contribution in [0.2, 0.25) is 0 Å². The topological polar surface area (TPSA) is 104 Å². The number of carbonyl (C=O) groups excluding carboxylic acids is 1. The average molecular weight is 213 g/mol. The molecule has 0 aliphatic rings. The van der Waals surface area contributed by atoms with E-state index >= 15 is 0 Å². The molecule has 3 N–H and O–H groups in total. The normalized spacial score (nSPS) is 14.4. The molecule has 6 heteroatoms. The van der Waals surface area contributed by atoms with E-state index in [2.05, 4.69) is 15.3 Å². The molecule has 0 aromatic heterocycles. The quantitative estimate of drug-likeness (QED) is 0.287. The third kappa shape index (κ3) is 4.18. The first kappa shape index (κ1) is 13.7. The van der Waals surface area contributed by atoms with E-state index in [1.54, 1.807) is 6.92 Å². The van der Waals surface area contributed by atoms with Gasteiger partial charge in [-0.05, 0) is 31.3 Å². The molecule has 0 aliphatic carbocycles. The summed E-state index contributed by atoms with van der Waals surface area (Å²) < 4.78 is 0. The van der Waals surface area contributed by atoms with Crippen molar-refractivity contribution >= 4 is 5.91 Å². The Bertz CT molecular complexity index is 259. The molecule has 0 radical (unpaired) electrons. The molecule has 86 valence electrons. The Morgan fingerprint density at radius 2 is 2.27 bits per heavy atom. The standard InChI is InChI=1S/C9H19N5O/c1-7(2)9(3,8(10)15)12-5-4-6-13-14-11/h7,12H,4-6H2,1-3H3,(H2,10,15). The first-order valence-electron chi connectivity index (χ1n) is 5.01. The Labute approximate surface area is 89.8 Å². The minimum Gasteiger partial charge on any atom is -0.368 e. The second-order valence-electron chi connectivity index (χ2n) is 3.96. The van der Waals surface area contributed by atoms with Crippen LogP contribution in [0.3, 0.4) is 0 Å². The van der Waals surface area contributed by atoms with Crippen LogP contribution in [0.5, 0.6) is 0 Å². The largest absolute Gasteiger partial charge is 0.368 e. The lowest BCUT2D eigenvalue weighted by Crippen LogP contribution is -2.57. The van der Waals surface area contributed by atoms with Gasteiger partial charge in [-0.15, -0.1) is 0 Å². The van der Waals surface area contributed by atoms with Crippen molar-refractivity contribution in [2.45, 2.75) is 32.7 Å². The van der Waals surface area contributed by atoms with Crippen LogP contribution in [-0.4, -0.2) is 24.5 Å². The molecule has 0 fully saturated rings. The van der Waals surface area contributed by atoms with E-state index in [1.807, 2.05) is 13.8 Å². The Hall–Kier alpha value is -1.26. The van der Waals surface area contributed by atoms with Gasteiger partial charge >= 0.3 is 0 Å². The Kier molecular flexibility index (Phi) is 5.74. The van der Waals surface area contributed by atoms with Crippen LogP contribution in [0.25, 0.3) is 10.4 Å². The Morgan fingerprint density at radius 3 is 2.67 bits per heavy atom. The number of hydrogen-bond donors (Lipinski definition) is 2.